The van der Waals surface area contributed by atoms with Crippen LogP contribution in [0.3, 0.4) is 0 Å². The summed E-state index contributed by atoms with van der Waals surface area (Å²) in [6.07, 6.45) is 0.782. The highest BCUT2D eigenvalue weighted by atomic mass is 16.5. The highest BCUT2D eigenvalue weighted by molar-refractivity contribution is 5.88. The Morgan fingerprint density at radius 3 is 2.36 bits per heavy atom. The first-order chi connectivity index (χ1) is 5.13. The highest BCUT2D eigenvalue weighted by Gasteiger charge is 2.07. The molecule has 0 spiro atoms. The van der Waals surface area contributed by atoms with Gasteiger partial charge in [0.25, 0.3) is 0 Å². The maximum absolute atomic E-state index is 10.9. The molecule has 3 heteroatoms. The lowest BCUT2D eigenvalue weighted by atomic mass is 10.2. The number of esters is 1. The van der Waals surface area contributed by atoms with Crippen molar-refractivity contribution in [3.63, 3.8) is 0 Å². The number of carbonyl (C=O) groups excluding carboxylic acids is 1. The predicted molar refractivity (Wildman–Crippen MR) is 43.8 cm³/mol. The first kappa shape index (κ1) is 10.0. The third kappa shape index (κ3) is 3.07. The Labute approximate surface area is 67.2 Å². The molecule has 11 heavy (non-hydrogen) atoms. The second kappa shape index (κ2) is 4.77. The molecule has 3 nitrogen and oxygen atoms in total. The van der Waals surface area contributed by atoms with Crippen molar-refractivity contribution < 1.29 is 9.53 Å². The van der Waals surface area contributed by atoms with E-state index in [1.54, 1.807) is 6.92 Å². The molecule has 0 rings (SSSR count). The van der Waals surface area contributed by atoms with Gasteiger partial charge in [-0.15, -0.1) is 0 Å². The minimum atomic E-state index is -0.410. The van der Waals surface area contributed by atoms with Gasteiger partial charge < -0.3 is 10.5 Å². The normalized spacial score (nSPS) is 12.3. The molecule has 0 aromatic carbocycles. The van der Waals surface area contributed by atoms with Crippen LogP contribution in [0.4, 0.5) is 0 Å². The van der Waals surface area contributed by atoms with Crippen molar-refractivity contribution in [1.29, 1.82) is 0 Å². The summed E-state index contributed by atoms with van der Waals surface area (Å²) in [7, 11) is 0. The van der Waals surface area contributed by atoms with Crippen molar-refractivity contribution in [2.45, 2.75) is 27.2 Å². The second-order valence-electron chi connectivity index (χ2n) is 2.27. The van der Waals surface area contributed by atoms with Crippen LogP contribution in [0.15, 0.2) is 11.3 Å². The van der Waals surface area contributed by atoms with Gasteiger partial charge in [-0.2, -0.15) is 0 Å². The summed E-state index contributed by atoms with van der Waals surface area (Å²) >= 11 is 0. The summed E-state index contributed by atoms with van der Waals surface area (Å²) in [6, 6.07) is 0. The largest absolute Gasteiger partial charge is 0.461 e. The summed E-state index contributed by atoms with van der Waals surface area (Å²) < 4.78 is 4.70. The fourth-order valence-corrected chi connectivity index (χ4v) is 0.574. The van der Waals surface area contributed by atoms with Crippen LogP contribution in [0, 0.1) is 0 Å². The molecule has 0 radical (unpaired) electrons. The Balaban J connectivity index is 4.22. The molecule has 0 atom stereocenters. The van der Waals surface area contributed by atoms with E-state index in [1.165, 1.54) is 0 Å². The van der Waals surface area contributed by atoms with Gasteiger partial charge in [-0.1, -0.05) is 6.92 Å². The Morgan fingerprint density at radius 2 is 2.00 bits per heavy atom. The molecule has 0 aromatic heterocycles. The van der Waals surface area contributed by atoms with E-state index in [0.29, 0.717) is 6.61 Å². The van der Waals surface area contributed by atoms with Gasteiger partial charge in [0.15, 0.2) is 0 Å². The van der Waals surface area contributed by atoms with E-state index in [4.69, 9.17) is 10.5 Å². The number of hydrogen-bond acceptors (Lipinski definition) is 3. The number of ether oxygens (including phenoxy) is 1. The average molecular weight is 157 g/mol. The summed E-state index contributed by atoms with van der Waals surface area (Å²) in [5.41, 5.74) is 6.59. The van der Waals surface area contributed by atoms with Gasteiger partial charge in [0.2, 0.25) is 0 Å². The van der Waals surface area contributed by atoms with Gasteiger partial charge >= 0.3 is 5.97 Å². The number of rotatable bonds is 3. The fraction of sp³-hybridized carbons (Fsp3) is 0.625. The standard InChI is InChI=1S/C8H15NO2/c1-4-6(3)7(9)8(10)11-5-2/h4-5,9H2,1-3H3. The minimum Gasteiger partial charge on any atom is -0.461 e. The lowest BCUT2D eigenvalue weighted by Crippen LogP contribution is -2.16. The highest BCUT2D eigenvalue weighted by Crippen LogP contribution is 2.03. The van der Waals surface area contributed by atoms with Crippen LogP contribution in [0.2, 0.25) is 0 Å². The minimum absolute atomic E-state index is 0.245. The van der Waals surface area contributed by atoms with E-state index in [9.17, 15) is 4.79 Å². The molecule has 0 saturated heterocycles. The first-order valence-electron chi connectivity index (χ1n) is 3.75. The molecule has 0 amide bonds. The maximum Gasteiger partial charge on any atom is 0.354 e. The van der Waals surface area contributed by atoms with Crippen LogP contribution in [-0.2, 0) is 9.53 Å². The molecule has 0 aliphatic carbocycles. The molecule has 0 aliphatic heterocycles. The molecule has 0 unspecified atom stereocenters. The van der Waals surface area contributed by atoms with Crippen LogP contribution in [0.25, 0.3) is 0 Å². The zero-order chi connectivity index (χ0) is 8.85. The molecule has 0 fully saturated rings. The number of carbonyl (C=O) groups is 1. The summed E-state index contributed by atoms with van der Waals surface area (Å²) in [4.78, 5) is 10.9. The molecular weight excluding hydrogens is 142 g/mol. The topological polar surface area (TPSA) is 52.3 Å². The van der Waals surface area contributed by atoms with Crippen molar-refractivity contribution >= 4 is 5.97 Å². The molecule has 0 saturated carbocycles. The first-order valence-corrected chi connectivity index (χ1v) is 3.75. The Hall–Kier alpha value is -0.990. The summed E-state index contributed by atoms with van der Waals surface area (Å²) in [6.45, 7) is 5.90. The number of allylic oxidation sites excluding steroid dienone is 1. The molecular formula is C8H15NO2. The van der Waals surface area contributed by atoms with Crippen LogP contribution in [-0.4, -0.2) is 12.6 Å². The van der Waals surface area contributed by atoms with Crippen LogP contribution in [0.5, 0.6) is 0 Å². The van der Waals surface area contributed by atoms with Gasteiger partial charge in [-0.05, 0) is 25.8 Å². The van der Waals surface area contributed by atoms with Crippen molar-refractivity contribution in [3.05, 3.63) is 11.3 Å². The molecule has 64 valence electrons. The van der Waals surface area contributed by atoms with E-state index < -0.39 is 5.97 Å². The van der Waals surface area contributed by atoms with E-state index >= 15 is 0 Å². The Kier molecular flexibility index (Phi) is 4.34. The smallest absolute Gasteiger partial charge is 0.354 e. The predicted octanol–water partition coefficient (Wildman–Crippen LogP) is 1.19. The van der Waals surface area contributed by atoms with Crippen molar-refractivity contribution in [2.75, 3.05) is 6.61 Å². The number of nitrogens with two attached hydrogens (primary N) is 1. The zero-order valence-electron chi connectivity index (χ0n) is 7.31. The van der Waals surface area contributed by atoms with E-state index in [-0.39, 0.29) is 5.70 Å². The Bertz CT molecular complexity index is 173. The third-order valence-corrected chi connectivity index (χ3v) is 1.49. The molecule has 2 N–H and O–H groups in total. The van der Waals surface area contributed by atoms with Gasteiger partial charge in [0.05, 0.1) is 6.61 Å². The number of hydrogen-bond donors (Lipinski definition) is 1. The Morgan fingerprint density at radius 1 is 1.45 bits per heavy atom. The van der Waals surface area contributed by atoms with Crippen molar-refractivity contribution in [3.8, 4) is 0 Å². The van der Waals surface area contributed by atoms with Gasteiger partial charge in [-0.25, -0.2) is 4.79 Å². The van der Waals surface area contributed by atoms with Crippen LogP contribution in [0.1, 0.15) is 27.2 Å². The van der Waals surface area contributed by atoms with Crippen LogP contribution >= 0.6 is 0 Å². The summed E-state index contributed by atoms with van der Waals surface area (Å²) in [5.74, 6) is -0.410. The van der Waals surface area contributed by atoms with Gasteiger partial charge in [-0.3, -0.25) is 0 Å². The molecule has 0 bridgehead atoms. The van der Waals surface area contributed by atoms with Gasteiger partial charge in [0.1, 0.15) is 5.70 Å². The van der Waals surface area contributed by atoms with Gasteiger partial charge in [0, 0.05) is 0 Å². The quantitative estimate of drug-likeness (QED) is 0.494. The van der Waals surface area contributed by atoms with Crippen molar-refractivity contribution in [1.82, 2.24) is 0 Å². The average Bonchev–Trinajstić information content (AvgIpc) is 2.02. The second-order valence-corrected chi connectivity index (χ2v) is 2.27. The lowest BCUT2D eigenvalue weighted by molar-refractivity contribution is -0.138. The van der Waals surface area contributed by atoms with Crippen LogP contribution < -0.4 is 5.73 Å². The SMILES string of the molecule is CCOC(=O)C(N)=C(C)CC. The monoisotopic (exact) mass is 157 g/mol. The fourth-order valence-electron chi connectivity index (χ4n) is 0.574. The van der Waals surface area contributed by atoms with Crippen molar-refractivity contribution in [2.24, 2.45) is 5.73 Å². The third-order valence-electron chi connectivity index (χ3n) is 1.49. The zero-order valence-corrected chi connectivity index (χ0v) is 7.31. The van der Waals surface area contributed by atoms with E-state index in [0.717, 1.165) is 12.0 Å². The van der Waals surface area contributed by atoms with E-state index in [1.807, 2.05) is 13.8 Å². The molecule has 0 aromatic rings. The maximum atomic E-state index is 10.9. The lowest BCUT2D eigenvalue weighted by Gasteiger charge is -2.03. The molecule has 0 heterocycles. The summed E-state index contributed by atoms with van der Waals surface area (Å²) in [5, 5.41) is 0. The van der Waals surface area contributed by atoms with E-state index in [2.05, 4.69) is 0 Å². The molecule has 0 aliphatic rings.